The van der Waals surface area contributed by atoms with Crippen LogP contribution in [0.5, 0.6) is 5.75 Å². The summed E-state index contributed by atoms with van der Waals surface area (Å²) in [5, 5.41) is 13.4. The molecule has 0 spiro atoms. The summed E-state index contributed by atoms with van der Waals surface area (Å²) in [6.45, 7) is 0. The zero-order valence-corrected chi connectivity index (χ0v) is 14.8. The van der Waals surface area contributed by atoms with E-state index in [1.807, 2.05) is 60.7 Å². The Hall–Kier alpha value is -3.25. The van der Waals surface area contributed by atoms with Crippen molar-refractivity contribution in [2.24, 2.45) is 5.92 Å². The van der Waals surface area contributed by atoms with Crippen LogP contribution in [0, 0.1) is 17.2 Å². The van der Waals surface area contributed by atoms with Gasteiger partial charge in [-0.15, -0.1) is 0 Å². The first-order valence-corrected chi connectivity index (χ1v) is 8.69. The van der Waals surface area contributed by atoms with E-state index in [9.17, 15) is 5.26 Å². The van der Waals surface area contributed by atoms with Crippen molar-refractivity contribution in [3.05, 3.63) is 96.1 Å². The molecule has 2 atom stereocenters. The average Bonchev–Trinajstić information content (AvgIpc) is 2.72. The Kier molecular flexibility index (Phi) is 5.90. The molecular weight excluding hydrogens is 320 g/mol. The van der Waals surface area contributed by atoms with Gasteiger partial charge in [-0.2, -0.15) is 5.26 Å². The van der Waals surface area contributed by atoms with Gasteiger partial charge in [0.25, 0.3) is 0 Å². The zero-order valence-electron chi connectivity index (χ0n) is 14.8. The third kappa shape index (κ3) is 4.43. The summed E-state index contributed by atoms with van der Waals surface area (Å²) in [6, 6.07) is 30.5. The number of anilines is 1. The van der Waals surface area contributed by atoms with Crippen molar-refractivity contribution in [3.63, 3.8) is 0 Å². The molecule has 0 unspecified atom stereocenters. The molecule has 3 rings (SSSR count). The third-order valence-electron chi connectivity index (χ3n) is 4.44. The first-order valence-electron chi connectivity index (χ1n) is 8.69. The maximum atomic E-state index is 9.87. The summed E-state index contributed by atoms with van der Waals surface area (Å²) >= 11 is 0. The summed E-state index contributed by atoms with van der Waals surface area (Å²) in [7, 11) is 1.65. The zero-order chi connectivity index (χ0) is 18.2. The van der Waals surface area contributed by atoms with Gasteiger partial charge >= 0.3 is 0 Å². The number of nitrogens with one attached hydrogen (secondary N) is 1. The molecule has 0 saturated heterocycles. The van der Waals surface area contributed by atoms with Gasteiger partial charge in [-0.25, -0.2) is 0 Å². The quantitative estimate of drug-likeness (QED) is 0.639. The van der Waals surface area contributed by atoms with E-state index in [4.69, 9.17) is 4.74 Å². The predicted octanol–water partition coefficient (Wildman–Crippen LogP) is 5.23. The van der Waals surface area contributed by atoms with Crippen LogP contribution in [-0.2, 0) is 6.42 Å². The molecule has 0 radical (unpaired) electrons. The number of nitrogens with zero attached hydrogens (tertiary/aromatic N) is 1. The fourth-order valence-electron chi connectivity index (χ4n) is 3.05. The van der Waals surface area contributed by atoms with E-state index in [0.717, 1.165) is 22.6 Å². The van der Waals surface area contributed by atoms with Crippen molar-refractivity contribution in [2.45, 2.75) is 12.5 Å². The molecule has 0 bridgehead atoms. The molecule has 3 nitrogen and oxygen atoms in total. The first kappa shape index (κ1) is 17.6. The smallest absolute Gasteiger partial charge is 0.119 e. The second-order valence-corrected chi connectivity index (χ2v) is 6.19. The lowest BCUT2D eigenvalue weighted by Crippen LogP contribution is -2.22. The molecular formula is C23H22N2O. The van der Waals surface area contributed by atoms with Crippen molar-refractivity contribution in [1.29, 1.82) is 5.26 Å². The van der Waals surface area contributed by atoms with E-state index < -0.39 is 0 Å². The van der Waals surface area contributed by atoms with Gasteiger partial charge in [0.2, 0.25) is 0 Å². The van der Waals surface area contributed by atoms with Crippen molar-refractivity contribution < 1.29 is 4.74 Å². The van der Waals surface area contributed by atoms with E-state index in [0.29, 0.717) is 6.42 Å². The normalized spacial score (nSPS) is 12.6. The second-order valence-electron chi connectivity index (χ2n) is 6.19. The number of hydrogen-bond acceptors (Lipinski definition) is 3. The number of nitriles is 1. The fourth-order valence-corrected chi connectivity index (χ4v) is 3.05. The summed E-state index contributed by atoms with van der Waals surface area (Å²) in [5.74, 6) is 0.620. The summed E-state index contributed by atoms with van der Waals surface area (Å²) in [5.41, 5.74) is 3.23. The fraction of sp³-hybridized carbons (Fsp3) is 0.174. The van der Waals surface area contributed by atoms with E-state index in [1.165, 1.54) is 0 Å². The predicted molar refractivity (Wildman–Crippen MR) is 105 cm³/mol. The van der Waals surface area contributed by atoms with Crippen LogP contribution in [0.1, 0.15) is 17.2 Å². The molecule has 0 aromatic heterocycles. The molecule has 3 heteroatoms. The molecule has 26 heavy (non-hydrogen) atoms. The average molecular weight is 342 g/mol. The van der Waals surface area contributed by atoms with Gasteiger partial charge in [0.05, 0.1) is 25.1 Å². The Balaban J connectivity index is 1.87. The summed E-state index contributed by atoms with van der Waals surface area (Å²) < 4.78 is 5.23. The second kappa shape index (κ2) is 8.73. The minimum atomic E-state index is -0.193. The number of hydrogen-bond donors (Lipinski definition) is 1. The number of benzene rings is 3. The highest BCUT2D eigenvalue weighted by molar-refractivity contribution is 5.49. The molecule has 0 aliphatic heterocycles. The highest BCUT2D eigenvalue weighted by atomic mass is 16.5. The molecule has 0 saturated carbocycles. The highest BCUT2D eigenvalue weighted by Crippen LogP contribution is 2.30. The topological polar surface area (TPSA) is 45.0 Å². The van der Waals surface area contributed by atoms with Crippen molar-refractivity contribution in [1.82, 2.24) is 0 Å². The summed E-state index contributed by atoms with van der Waals surface area (Å²) in [6.07, 6.45) is 0.694. The largest absolute Gasteiger partial charge is 0.497 e. The van der Waals surface area contributed by atoms with Gasteiger partial charge in [-0.05, 0) is 41.8 Å². The SMILES string of the molecule is COc1ccc(N[C@H](c2ccccc2)[C@H](C#N)Cc2ccccc2)cc1. The van der Waals surface area contributed by atoms with Crippen LogP contribution in [0.25, 0.3) is 0 Å². The van der Waals surface area contributed by atoms with Gasteiger partial charge < -0.3 is 10.1 Å². The molecule has 1 N–H and O–H groups in total. The molecule has 0 amide bonds. The monoisotopic (exact) mass is 342 g/mol. The Morgan fingerprint density at radius 1 is 0.885 bits per heavy atom. The lowest BCUT2D eigenvalue weighted by Gasteiger charge is -2.25. The molecule has 0 aliphatic carbocycles. The maximum Gasteiger partial charge on any atom is 0.119 e. The van der Waals surface area contributed by atoms with Crippen LogP contribution >= 0.6 is 0 Å². The lowest BCUT2D eigenvalue weighted by molar-refractivity contribution is 0.415. The van der Waals surface area contributed by atoms with Crippen molar-refractivity contribution in [2.75, 3.05) is 12.4 Å². The van der Waals surface area contributed by atoms with Gasteiger partial charge in [-0.1, -0.05) is 60.7 Å². The van der Waals surface area contributed by atoms with Gasteiger partial charge in [0.1, 0.15) is 5.75 Å². The molecule has 0 aliphatic rings. The highest BCUT2D eigenvalue weighted by Gasteiger charge is 2.23. The van der Waals surface area contributed by atoms with Crippen LogP contribution in [-0.4, -0.2) is 7.11 Å². The third-order valence-corrected chi connectivity index (χ3v) is 4.44. The Labute approximate surface area is 154 Å². The first-order chi connectivity index (χ1) is 12.8. The Bertz CT molecular complexity index is 839. The molecule has 0 heterocycles. The van der Waals surface area contributed by atoms with Crippen molar-refractivity contribution in [3.8, 4) is 11.8 Å². The van der Waals surface area contributed by atoms with Gasteiger partial charge in [0.15, 0.2) is 0 Å². The van der Waals surface area contributed by atoms with Crippen LogP contribution in [0.15, 0.2) is 84.9 Å². The minimum absolute atomic E-state index is 0.102. The Morgan fingerprint density at radius 3 is 2.08 bits per heavy atom. The van der Waals surface area contributed by atoms with Crippen LogP contribution < -0.4 is 10.1 Å². The minimum Gasteiger partial charge on any atom is -0.497 e. The van der Waals surface area contributed by atoms with Gasteiger partial charge in [-0.3, -0.25) is 0 Å². The molecule has 130 valence electrons. The Morgan fingerprint density at radius 2 is 1.50 bits per heavy atom. The van der Waals surface area contributed by atoms with E-state index in [2.05, 4.69) is 35.7 Å². The number of rotatable bonds is 7. The van der Waals surface area contributed by atoms with Gasteiger partial charge in [0, 0.05) is 5.69 Å². The van der Waals surface area contributed by atoms with Crippen LogP contribution in [0.3, 0.4) is 0 Å². The van der Waals surface area contributed by atoms with Crippen LogP contribution in [0.4, 0.5) is 5.69 Å². The number of methoxy groups -OCH3 is 1. The molecule has 0 fully saturated rings. The standard InChI is InChI=1S/C23H22N2O/c1-26-22-14-12-21(13-15-22)25-23(19-10-6-3-7-11-19)20(17-24)16-18-8-4-2-5-9-18/h2-15,20,23,25H,16H2,1H3/t20-,23+/m0/s1. The summed E-state index contributed by atoms with van der Waals surface area (Å²) in [4.78, 5) is 0. The van der Waals surface area contributed by atoms with E-state index in [1.54, 1.807) is 7.11 Å². The maximum absolute atomic E-state index is 9.87. The van der Waals surface area contributed by atoms with E-state index >= 15 is 0 Å². The molecule has 3 aromatic rings. The van der Waals surface area contributed by atoms with Crippen LogP contribution in [0.2, 0.25) is 0 Å². The lowest BCUT2D eigenvalue weighted by atomic mass is 9.88. The number of ether oxygens (including phenoxy) is 1. The van der Waals surface area contributed by atoms with E-state index in [-0.39, 0.29) is 12.0 Å². The van der Waals surface area contributed by atoms with Crippen molar-refractivity contribution >= 4 is 5.69 Å². The molecule has 3 aromatic carbocycles.